The topological polar surface area (TPSA) is 82.8 Å². The van der Waals surface area contributed by atoms with Gasteiger partial charge in [-0.1, -0.05) is 0 Å². The maximum atomic E-state index is 11.9. The number of nitrogens with two attached hydrogens (primary N) is 1. The van der Waals surface area contributed by atoms with Crippen molar-refractivity contribution in [1.29, 1.82) is 0 Å². The first-order valence-corrected chi connectivity index (χ1v) is 8.41. The normalized spacial score (nSPS) is 20.7. The molecule has 1 amide bonds. The van der Waals surface area contributed by atoms with Crippen molar-refractivity contribution >= 4 is 35.8 Å². The lowest BCUT2D eigenvalue weighted by Crippen LogP contribution is -2.47. The second kappa shape index (κ2) is 9.05. The Bertz CT molecular complexity index is 409. The molecule has 2 rings (SSSR count). The monoisotopic (exact) mass is 437 g/mol. The largest absolute Gasteiger partial charge is 0.370 e. The lowest BCUT2D eigenvalue weighted by atomic mass is 9.97. The number of carbonyl (C=O) groups excluding carboxylic acids is 1. The first-order valence-electron chi connectivity index (χ1n) is 8.41. The van der Waals surface area contributed by atoms with Crippen molar-refractivity contribution in [2.45, 2.75) is 58.0 Å². The van der Waals surface area contributed by atoms with Gasteiger partial charge in [-0.2, -0.15) is 0 Å². The second-order valence-corrected chi connectivity index (χ2v) is 7.66. The molecule has 6 nitrogen and oxygen atoms in total. The summed E-state index contributed by atoms with van der Waals surface area (Å²) in [5, 5.41) is 6.23. The van der Waals surface area contributed by atoms with Crippen LogP contribution in [0.5, 0.6) is 0 Å². The predicted molar refractivity (Wildman–Crippen MR) is 105 cm³/mol. The number of hydrogen-bond donors (Lipinski definition) is 3. The minimum atomic E-state index is -0.157. The Morgan fingerprint density at radius 3 is 2.35 bits per heavy atom. The highest BCUT2D eigenvalue weighted by Crippen LogP contribution is 2.19. The molecule has 1 saturated carbocycles. The molecular weight excluding hydrogens is 405 g/mol. The number of rotatable bonds is 5. The standard InChI is InChI=1S/C16H31N5O.HI/c1-16(2,3)20-14(22)11-21-8-6-12(7-9-21)10-18-15(17)19-13-4-5-13;/h12-13H,4-11H2,1-3H3,(H,20,22)(H3,17,18,19);1H. The van der Waals surface area contributed by atoms with E-state index in [0.717, 1.165) is 32.5 Å². The minimum Gasteiger partial charge on any atom is -0.370 e. The number of nitrogens with one attached hydrogen (secondary N) is 2. The highest BCUT2D eigenvalue weighted by Gasteiger charge is 2.23. The lowest BCUT2D eigenvalue weighted by Gasteiger charge is -2.31. The number of likely N-dealkylation sites (tertiary alicyclic amines) is 1. The molecule has 7 heteroatoms. The molecule has 1 aliphatic heterocycles. The van der Waals surface area contributed by atoms with E-state index in [0.29, 0.717) is 24.5 Å². The maximum absolute atomic E-state index is 11.9. The van der Waals surface area contributed by atoms with E-state index in [2.05, 4.69) is 20.5 Å². The number of amides is 1. The van der Waals surface area contributed by atoms with Gasteiger partial charge in [0.25, 0.3) is 0 Å². The minimum absolute atomic E-state index is 0. The molecule has 0 unspecified atom stereocenters. The Morgan fingerprint density at radius 1 is 1.22 bits per heavy atom. The summed E-state index contributed by atoms with van der Waals surface area (Å²) < 4.78 is 0. The van der Waals surface area contributed by atoms with Crippen LogP contribution in [-0.2, 0) is 4.79 Å². The van der Waals surface area contributed by atoms with Crippen molar-refractivity contribution < 1.29 is 4.79 Å². The molecular formula is C16H32IN5O. The molecule has 23 heavy (non-hydrogen) atoms. The van der Waals surface area contributed by atoms with E-state index in [1.54, 1.807) is 0 Å². The van der Waals surface area contributed by atoms with Gasteiger partial charge < -0.3 is 16.4 Å². The third kappa shape index (κ3) is 8.74. The van der Waals surface area contributed by atoms with Crippen molar-refractivity contribution in [2.75, 3.05) is 26.2 Å². The van der Waals surface area contributed by atoms with Crippen LogP contribution in [-0.4, -0.2) is 54.5 Å². The van der Waals surface area contributed by atoms with Crippen molar-refractivity contribution in [3.8, 4) is 0 Å². The fourth-order valence-corrected chi connectivity index (χ4v) is 2.70. The van der Waals surface area contributed by atoms with Gasteiger partial charge in [0.15, 0.2) is 5.96 Å². The van der Waals surface area contributed by atoms with Gasteiger partial charge >= 0.3 is 0 Å². The smallest absolute Gasteiger partial charge is 0.234 e. The van der Waals surface area contributed by atoms with Gasteiger partial charge in [-0.05, 0) is 65.5 Å². The summed E-state index contributed by atoms with van der Waals surface area (Å²) in [6.45, 7) is 9.26. The van der Waals surface area contributed by atoms with E-state index in [-0.39, 0.29) is 35.4 Å². The van der Waals surface area contributed by atoms with Crippen LogP contribution in [0.4, 0.5) is 0 Å². The first-order chi connectivity index (χ1) is 10.3. The van der Waals surface area contributed by atoms with E-state index in [4.69, 9.17) is 5.73 Å². The van der Waals surface area contributed by atoms with Gasteiger partial charge in [0.2, 0.25) is 5.91 Å². The fourth-order valence-electron chi connectivity index (χ4n) is 2.70. The van der Waals surface area contributed by atoms with Gasteiger partial charge in [0.05, 0.1) is 6.54 Å². The van der Waals surface area contributed by atoms with E-state index >= 15 is 0 Å². The number of aliphatic imine (C=N–C) groups is 1. The van der Waals surface area contributed by atoms with Crippen LogP contribution in [0.3, 0.4) is 0 Å². The summed E-state index contributed by atoms with van der Waals surface area (Å²) in [6.07, 6.45) is 4.60. The molecule has 134 valence electrons. The van der Waals surface area contributed by atoms with Crippen LogP contribution >= 0.6 is 24.0 Å². The van der Waals surface area contributed by atoms with Crippen molar-refractivity contribution in [3.05, 3.63) is 0 Å². The summed E-state index contributed by atoms with van der Waals surface area (Å²) >= 11 is 0. The zero-order chi connectivity index (χ0) is 16.2. The number of nitrogens with zero attached hydrogens (tertiary/aromatic N) is 2. The third-order valence-electron chi connectivity index (χ3n) is 4.04. The molecule has 0 aromatic heterocycles. The molecule has 4 N–H and O–H groups in total. The van der Waals surface area contributed by atoms with Crippen molar-refractivity contribution in [1.82, 2.24) is 15.5 Å². The Kier molecular flexibility index (Phi) is 8.06. The molecule has 0 aromatic carbocycles. The van der Waals surface area contributed by atoms with Crippen LogP contribution in [0, 0.1) is 5.92 Å². The average molecular weight is 437 g/mol. The van der Waals surface area contributed by atoms with Crippen molar-refractivity contribution in [2.24, 2.45) is 16.6 Å². The number of guanidine groups is 1. The van der Waals surface area contributed by atoms with Crippen LogP contribution in [0.2, 0.25) is 0 Å². The summed E-state index contributed by atoms with van der Waals surface area (Å²) in [5.41, 5.74) is 5.70. The van der Waals surface area contributed by atoms with Gasteiger partial charge in [0.1, 0.15) is 0 Å². The van der Waals surface area contributed by atoms with Crippen LogP contribution in [0.1, 0.15) is 46.5 Å². The zero-order valence-electron chi connectivity index (χ0n) is 14.6. The highest BCUT2D eigenvalue weighted by atomic mass is 127. The Morgan fingerprint density at radius 2 is 1.83 bits per heavy atom. The van der Waals surface area contributed by atoms with Crippen molar-refractivity contribution in [3.63, 3.8) is 0 Å². The Labute approximate surface area is 157 Å². The first kappa shape index (κ1) is 20.5. The Balaban J connectivity index is 0.00000264. The maximum Gasteiger partial charge on any atom is 0.234 e. The SMILES string of the molecule is CC(C)(C)NC(=O)CN1CCC(CN=C(N)NC2CC2)CC1.I. The lowest BCUT2D eigenvalue weighted by molar-refractivity contribution is -0.124. The second-order valence-electron chi connectivity index (χ2n) is 7.66. The highest BCUT2D eigenvalue weighted by molar-refractivity contribution is 14.0. The molecule has 2 fully saturated rings. The summed E-state index contributed by atoms with van der Waals surface area (Å²) in [7, 11) is 0. The van der Waals surface area contributed by atoms with E-state index in [9.17, 15) is 4.79 Å². The molecule has 0 aromatic rings. The molecule has 2 aliphatic rings. The van der Waals surface area contributed by atoms with Crippen LogP contribution < -0.4 is 16.4 Å². The van der Waals surface area contributed by atoms with Gasteiger partial charge in [-0.25, -0.2) is 0 Å². The van der Waals surface area contributed by atoms with Gasteiger partial charge in [-0.3, -0.25) is 14.7 Å². The zero-order valence-corrected chi connectivity index (χ0v) is 16.9. The number of hydrogen-bond acceptors (Lipinski definition) is 3. The number of piperidine rings is 1. The fraction of sp³-hybridized carbons (Fsp3) is 0.875. The molecule has 0 spiro atoms. The third-order valence-corrected chi connectivity index (χ3v) is 4.04. The molecule has 0 atom stereocenters. The summed E-state index contributed by atoms with van der Waals surface area (Å²) in [5.74, 6) is 1.29. The van der Waals surface area contributed by atoms with Crippen LogP contribution in [0.25, 0.3) is 0 Å². The summed E-state index contributed by atoms with van der Waals surface area (Å²) in [4.78, 5) is 18.6. The quantitative estimate of drug-likeness (QED) is 0.344. The van der Waals surface area contributed by atoms with E-state index in [1.165, 1.54) is 12.8 Å². The Hall–Kier alpha value is -0.570. The van der Waals surface area contributed by atoms with Gasteiger partial charge in [-0.15, -0.1) is 24.0 Å². The van der Waals surface area contributed by atoms with Crippen LogP contribution in [0.15, 0.2) is 4.99 Å². The number of carbonyl (C=O) groups is 1. The van der Waals surface area contributed by atoms with E-state index in [1.807, 2.05) is 20.8 Å². The van der Waals surface area contributed by atoms with E-state index < -0.39 is 0 Å². The van der Waals surface area contributed by atoms with Gasteiger partial charge in [0, 0.05) is 18.1 Å². The molecule has 1 saturated heterocycles. The molecule has 0 radical (unpaired) electrons. The predicted octanol–water partition coefficient (Wildman–Crippen LogP) is 1.30. The summed E-state index contributed by atoms with van der Waals surface area (Å²) in [6, 6.07) is 0.562. The average Bonchev–Trinajstić information content (AvgIpc) is 3.19. The molecule has 1 aliphatic carbocycles. The molecule has 1 heterocycles. The molecule has 0 bridgehead atoms. The number of halogens is 1.